The molecule has 2 N–H and O–H groups in total. The van der Waals surface area contributed by atoms with E-state index in [1.807, 2.05) is 0 Å². The van der Waals surface area contributed by atoms with Gasteiger partial charge in [0.25, 0.3) is 0 Å². The molecule has 34 heavy (non-hydrogen) atoms. The number of hydrogen-bond acceptors (Lipinski definition) is 7. The Morgan fingerprint density at radius 1 is 1.26 bits per heavy atom. The third kappa shape index (κ3) is 3.90. The molecular weight excluding hydrogens is 484 g/mol. The van der Waals surface area contributed by atoms with Crippen LogP contribution in [0.3, 0.4) is 0 Å². The number of rotatable bonds is 4. The molecule has 11 heteroatoms. The Bertz CT molecular complexity index is 1320. The van der Waals surface area contributed by atoms with Gasteiger partial charge >= 0.3 is 0 Å². The minimum absolute atomic E-state index is 0.0377. The third-order valence-electron chi connectivity index (χ3n) is 6.67. The minimum atomic E-state index is -2.92. The first-order chi connectivity index (χ1) is 15.9. The van der Waals surface area contributed by atoms with E-state index in [-0.39, 0.29) is 34.4 Å². The van der Waals surface area contributed by atoms with Crippen molar-refractivity contribution >= 4 is 32.9 Å². The van der Waals surface area contributed by atoms with E-state index in [0.29, 0.717) is 13.0 Å². The van der Waals surface area contributed by atoms with Gasteiger partial charge in [-0.25, -0.2) is 22.3 Å². The molecule has 0 aliphatic carbocycles. The monoisotopic (exact) mass is 509 g/mol. The Kier molecular flexibility index (Phi) is 6.27. The van der Waals surface area contributed by atoms with Crippen molar-refractivity contribution in [1.29, 1.82) is 0 Å². The van der Waals surface area contributed by atoms with Gasteiger partial charge in [-0.15, -0.1) is 0 Å². The lowest BCUT2D eigenvalue weighted by Gasteiger charge is -2.46. The molecule has 0 aromatic carbocycles. The molecule has 2 aliphatic rings. The molecule has 0 amide bonds. The second-order valence-electron chi connectivity index (χ2n) is 9.28. The van der Waals surface area contributed by atoms with E-state index in [2.05, 4.69) is 19.3 Å². The van der Waals surface area contributed by atoms with Crippen LogP contribution >= 0.6 is 11.6 Å². The molecule has 0 spiro atoms. The van der Waals surface area contributed by atoms with Gasteiger partial charge in [-0.3, -0.25) is 14.8 Å². The predicted molar refractivity (Wildman–Crippen MR) is 128 cm³/mol. The van der Waals surface area contributed by atoms with E-state index in [9.17, 15) is 13.4 Å². The van der Waals surface area contributed by atoms with Gasteiger partial charge in [-0.05, 0) is 51.8 Å². The van der Waals surface area contributed by atoms with Crippen molar-refractivity contribution in [2.45, 2.75) is 62.0 Å². The summed E-state index contributed by atoms with van der Waals surface area (Å²) in [5.41, 5.74) is 5.07. The molecule has 3 atom stereocenters. The molecule has 0 saturated heterocycles. The van der Waals surface area contributed by atoms with E-state index in [1.165, 1.54) is 12.1 Å². The summed E-state index contributed by atoms with van der Waals surface area (Å²) in [6.45, 7) is 5.63. The molecule has 0 saturated carbocycles. The van der Waals surface area contributed by atoms with Crippen LogP contribution in [0.5, 0.6) is 0 Å². The first-order valence-corrected chi connectivity index (χ1v) is 12.9. The average molecular weight is 510 g/mol. The number of nitrogens with two attached hydrogens (primary N) is 1. The Balaban J connectivity index is 1.80. The predicted octanol–water partition coefficient (Wildman–Crippen LogP) is 4.22. The Hall–Kier alpha value is -2.46. The van der Waals surface area contributed by atoms with E-state index in [4.69, 9.17) is 17.3 Å². The van der Waals surface area contributed by atoms with Crippen LogP contribution in [0.4, 0.5) is 8.78 Å². The highest BCUT2D eigenvalue weighted by Gasteiger charge is 2.56. The van der Waals surface area contributed by atoms with Gasteiger partial charge in [0.1, 0.15) is 39.1 Å². The summed E-state index contributed by atoms with van der Waals surface area (Å²) < 4.78 is 46.4. The second kappa shape index (κ2) is 8.64. The number of ketones is 1. The van der Waals surface area contributed by atoms with Crippen LogP contribution < -0.4 is 5.73 Å². The van der Waals surface area contributed by atoms with Crippen LogP contribution in [0.2, 0.25) is 5.02 Å². The lowest BCUT2D eigenvalue weighted by molar-refractivity contribution is 0.0987. The molecule has 2 aromatic rings. The van der Waals surface area contributed by atoms with Gasteiger partial charge < -0.3 is 5.73 Å². The Morgan fingerprint density at radius 2 is 2.00 bits per heavy atom. The number of nitrogens with zero attached hydrogens (tertiary/aromatic N) is 4. The van der Waals surface area contributed by atoms with Crippen LogP contribution in [0.15, 0.2) is 33.8 Å². The third-order valence-corrected chi connectivity index (χ3v) is 10.7. The molecule has 2 aliphatic heterocycles. The van der Waals surface area contributed by atoms with E-state index in [0.717, 1.165) is 25.1 Å². The summed E-state index contributed by atoms with van der Waals surface area (Å²) >= 11 is 5.96. The summed E-state index contributed by atoms with van der Waals surface area (Å²) in [6, 6.07) is 3.59. The SMILES string of the molecule is CC1(C)C(N)=N[C@](C)(c2nc(CC(=O)c3ncc(F)cc3Cl)ccc2F)[C@H]2CCCCN=[S@]21=O. The number of amidine groups is 1. The minimum Gasteiger partial charge on any atom is -0.386 e. The maximum Gasteiger partial charge on any atom is 0.188 e. The number of carbonyl (C=O) groups excluding carboxylic acids is 1. The van der Waals surface area contributed by atoms with Gasteiger partial charge in [0.05, 0.1) is 32.6 Å². The number of halogens is 3. The second-order valence-corrected chi connectivity index (χ2v) is 12.7. The highest BCUT2D eigenvalue weighted by atomic mass is 35.5. The van der Waals surface area contributed by atoms with Crippen LogP contribution in [-0.2, 0) is 21.7 Å². The fraction of sp³-hybridized carbons (Fsp3) is 0.478. The van der Waals surface area contributed by atoms with Crippen LogP contribution in [0, 0.1) is 11.6 Å². The Morgan fingerprint density at radius 3 is 2.71 bits per heavy atom. The molecule has 0 unspecified atom stereocenters. The zero-order valence-electron chi connectivity index (χ0n) is 19.1. The fourth-order valence-corrected chi connectivity index (χ4v) is 8.11. The van der Waals surface area contributed by atoms with Crippen molar-refractivity contribution in [3.63, 3.8) is 0 Å². The van der Waals surface area contributed by atoms with Crippen molar-refractivity contribution in [3.8, 4) is 0 Å². The molecular formula is C23H26ClF2N5O2S. The van der Waals surface area contributed by atoms with E-state index in [1.54, 1.807) is 20.8 Å². The lowest BCUT2D eigenvalue weighted by atomic mass is 9.88. The van der Waals surface area contributed by atoms with Gasteiger partial charge in [-0.1, -0.05) is 18.0 Å². The van der Waals surface area contributed by atoms with E-state index < -0.39 is 42.7 Å². The number of Topliss-reactive ketones (excluding diaryl/α,β-unsaturated/α-hetero) is 1. The summed E-state index contributed by atoms with van der Waals surface area (Å²) in [7, 11) is -2.92. The lowest BCUT2D eigenvalue weighted by Crippen LogP contribution is -2.59. The van der Waals surface area contributed by atoms with Crippen LogP contribution in [0.25, 0.3) is 0 Å². The summed E-state index contributed by atoms with van der Waals surface area (Å²) in [4.78, 5) is 25.6. The number of aromatic nitrogens is 2. The summed E-state index contributed by atoms with van der Waals surface area (Å²) in [5, 5.41) is -0.725. The topological polar surface area (TPSA) is 111 Å². The quantitative estimate of drug-likeness (QED) is 0.620. The average Bonchev–Trinajstić information content (AvgIpc) is 2.97. The zero-order valence-corrected chi connectivity index (χ0v) is 20.7. The summed E-state index contributed by atoms with van der Waals surface area (Å²) in [5.74, 6) is -1.67. The number of aliphatic imine (C=N–C) groups is 1. The van der Waals surface area contributed by atoms with Gasteiger partial charge in [-0.2, -0.15) is 0 Å². The van der Waals surface area contributed by atoms with Crippen molar-refractivity contribution in [2.24, 2.45) is 15.1 Å². The normalized spacial score (nSPS) is 28.3. The van der Waals surface area contributed by atoms with Gasteiger partial charge in [0, 0.05) is 12.2 Å². The number of fused-ring (bicyclic) bond motifs is 1. The first kappa shape index (κ1) is 24.7. The number of hydrogen-bond donors (Lipinski definition) is 1. The maximum atomic E-state index is 15.2. The molecule has 4 heterocycles. The van der Waals surface area contributed by atoms with Gasteiger partial charge in [0.2, 0.25) is 0 Å². The van der Waals surface area contributed by atoms with Crippen molar-refractivity contribution in [2.75, 3.05) is 6.54 Å². The zero-order chi connectivity index (χ0) is 24.9. The molecule has 4 rings (SSSR count). The van der Waals surface area contributed by atoms with Gasteiger partial charge in [0.15, 0.2) is 5.78 Å². The van der Waals surface area contributed by atoms with Crippen LogP contribution in [0.1, 0.15) is 61.9 Å². The molecule has 0 radical (unpaired) electrons. The van der Waals surface area contributed by atoms with Crippen LogP contribution in [-0.4, -0.2) is 42.3 Å². The molecule has 0 bridgehead atoms. The summed E-state index contributed by atoms with van der Waals surface area (Å²) in [6.07, 6.45) is 2.72. The van der Waals surface area contributed by atoms with Crippen molar-refractivity contribution < 1.29 is 17.8 Å². The van der Waals surface area contributed by atoms with E-state index >= 15 is 4.39 Å². The highest BCUT2D eigenvalue weighted by molar-refractivity contribution is 7.96. The Labute approximate surface area is 202 Å². The molecule has 2 aromatic heterocycles. The van der Waals surface area contributed by atoms with Crippen molar-refractivity contribution in [1.82, 2.24) is 9.97 Å². The molecule has 182 valence electrons. The number of carbonyl (C=O) groups is 1. The smallest absolute Gasteiger partial charge is 0.188 e. The standard InChI is InChI=1S/C23H26ClF2N5O2S/c1-22(2)21(27)31-23(3,18-6-4-5-9-29-34(18,22)33)20-16(26)8-7-14(30-20)11-17(32)19-15(24)10-13(25)12-28-19/h7-8,10,12,18H,4-6,9,11H2,1-3H3,(H2,27,31)/t18-,23+,34+/m1/s1. The fourth-order valence-electron chi connectivity index (χ4n) is 4.62. The number of pyridine rings is 2. The largest absolute Gasteiger partial charge is 0.386 e. The highest BCUT2D eigenvalue weighted by Crippen LogP contribution is 2.46. The maximum absolute atomic E-state index is 15.2. The van der Waals surface area contributed by atoms with Crippen molar-refractivity contribution in [3.05, 3.63) is 58.1 Å². The molecule has 0 fully saturated rings. The molecule has 7 nitrogen and oxygen atoms in total. The first-order valence-electron chi connectivity index (χ1n) is 11.0.